The first kappa shape index (κ1) is 23.3. The number of carbonyl (C=O) groups is 1. The largest absolute Gasteiger partial charge is 0.481 e. The van der Waals surface area contributed by atoms with Crippen LogP contribution in [-0.4, -0.2) is 33.5 Å². The van der Waals surface area contributed by atoms with Crippen LogP contribution in [0.2, 0.25) is 0 Å². The molecule has 0 spiro atoms. The molecule has 0 aliphatic heterocycles. The van der Waals surface area contributed by atoms with E-state index in [1.54, 1.807) is 0 Å². The van der Waals surface area contributed by atoms with Gasteiger partial charge >= 0.3 is 5.97 Å². The molecule has 0 amide bonds. The van der Waals surface area contributed by atoms with Crippen molar-refractivity contribution in [3.05, 3.63) is 11.6 Å². The van der Waals surface area contributed by atoms with Crippen molar-refractivity contribution in [2.75, 3.05) is 0 Å². The van der Waals surface area contributed by atoms with Crippen molar-refractivity contribution in [3.8, 4) is 0 Å². The third-order valence-electron chi connectivity index (χ3n) is 10.6. The van der Waals surface area contributed by atoms with E-state index in [1.165, 1.54) is 31.3 Å². The predicted molar refractivity (Wildman–Crippen MR) is 122 cm³/mol. The summed E-state index contributed by atoms with van der Waals surface area (Å²) >= 11 is 0. The van der Waals surface area contributed by atoms with E-state index < -0.39 is 5.97 Å². The van der Waals surface area contributed by atoms with E-state index in [1.807, 2.05) is 6.92 Å². The van der Waals surface area contributed by atoms with Crippen molar-refractivity contribution in [1.82, 2.24) is 0 Å². The minimum Gasteiger partial charge on any atom is -0.481 e. The standard InChI is InChI=1S/C27H44O4/c1-16(6-5-7-17(2)25(30)31)20-8-9-21-24-22(11-13-27(20,21)4)26(3)12-10-19(28)14-18(26)15-23(24)29/h15-17,19-24,28-29H,5-14H2,1-4H3,(H,30,31)/t16?,17-,19+,20?,21?,22?,23+,24?,26?,27?/m1/s1. The molecule has 10 atom stereocenters. The number of aliphatic carboxylic acids is 1. The van der Waals surface area contributed by atoms with Crippen molar-refractivity contribution in [2.24, 2.45) is 46.3 Å². The molecular formula is C27H44O4. The van der Waals surface area contributed by atoms with Crippen LogP contribution in [0.4, 0.5) is 0 Å². The molecule has 3 saturated carbocycles. The molecule has 0 saturated heterocycles. The highest BCUT2D eigenvalue weighted by Crippen LogP contribution is 2.67. The Bertz CT molecular complexity index is 716. The summed E-state index contributed by atoms with van der Waals surface area (Å²) in [5, 5.41) is 30.6. The second kappa shape index (κ2) is 8.48. The molecule has 0 aromatic carbocycles. The van der Waals surface area contributed by atoms with Crippen molar-refractivity contribution in [2.45, 2.75) is 104 Å². The number of aliphatic hydroxyl groups excluding tert-OH is 2. The highest BCUT2D eigenvalue weighted by Gasteiger charge is 2.61. The van der Waals surface area contributed by atoms with Gasteiger partial charge in [-0.15, -0.1) is 0 Å². The van der Waals surface area contributed by atoms with Gasteiger partial charge in [0.1, 0.15) is 0 Å². The zero-order valence-corrected chi connectivity index (χ0v) is 20.0. The maximum Gasteiger partial charge on any atom is 0.306 e. The second-order valence-electron chi connectivity index (χ2n) is 12.2. The maximum absolute atomic E-state index is 11.3. The van der Waals surface area contributed by atoms with Crippen LogP contribution in [0.1, 0.15) is 91.9 Å². The van der Waals surface area contributed by atoms with Gasteiger partial charge in [-0.05, 0) is 91.8 Å². The van der Waals surface area contributed by atoms with Gasteiger partial charge in [0.25, 0.3) is 0 Å². The Morgan fingerprint density at radius 3 is 2.52 bits per heavy atom. The van der Waals surface area contributed by atoms with Gasteiger partial charge in [-0.2, -0.15) is 0 Å². The van der Waals surface area contributed by atoms with Crippen LogP contribution in [0.15, 0.2) is 11.6 Å². The smallest absolute Gasteiger partial charge is 0.306 e. The lowest BCUT2D eigenvalue weighted by atomic mass is 9.46. The molecule has 3 fully saturated rings. The number of fused-ring (bicyclic) bond motifs is 5. The lowest BCUT2D eigenvalue weighted by Crippen LogP contribution is -2.54. The molecule has 4 aliphatic rings. The Morgan fingerprint density at radius 2 is 1.81 bits per heavy atom. The van der Waals surface area contributed by atoms with Gasteiger partial charge in [-0.1, -0.05) is 52.2 Å². The van der Waals surface area contributed by atoms with E-state index in [0.29, 0.717) is 29.6 Å². The van der Waals surface area contributed by atoms with Gasteiger partial charge in [0, 0.05) is 0 Å². The summed E-state index contributed by atoms with van der Waals surface area (Å²) < 4.78 is 0. The Hall–Kier alpha value is -0.870. The Balaban J connectivity index is 1.48. The first-order valence-corrected chi connectivity index (χ1v) is 12.9. The number of carboxylic acids is 1. The van der Waals surface area contributed by atoms with Gasteiger partial charge in [0.15, 0.2) is 0 Å². The van der Waals surface area contributed by atoms with Crippen LogP contribution in [0.5, 0.6) is 0 Å². The van der Waals surface area contributed by atoms with Crippen LogP contribution in [0.25, 0.3) is 0 Å². The molecule has 4 rings (SSSR count). The summed E-state index contributed by atoms with van der Waals surface area (Å²) in [5.41, 5.74) is 1.76. The molecule has 0 aromatic rings. The number of hydrogen-bond donors (Lipinski definition) is 3. The molecule has 0 radical (unpaired) electrons. The van der Waals surface area contributed by atoms with E-state index in [9.17, 15) is 15.0 Å². The quantitative estimate of drug-likeness (QED) is 0.490. The SMILES string of the molecule is CC(CCC[C@@H](C)C(=O)O)C1CCC2C3C(CCC12C)C1(C)CC[C@H](O)CC1=C[C@@H]3O. The van der Waals surface area contributed by atoms with E-state index >= 15 is 0 Å². The molecule has 0 aromatic heterocycles. The Kier molecular flexibility index (Phi) is 6.37. The summed E-state index contributed by atoms with van der Waals surface area (Å²) in [6.45, 7) is 9.11. The maximum atomic E-state index is 11.3. The summed E-state index contributed by atoms with van der Waals surface area (Å²) in [7, 11) is 0. The lowest BCUT2D eigenvalue weighted by molar-refractivity contribution is -0.141. The average Bonchev–Trinajstić information content (AvgIpc) is 3.06. The van der Waals surface area contributed by atoms with Crippen molar-refractivity contribution >= 4 is 5.97 Å². The minimum atomic E-state index is -0.679. The number of aliphatic hydroxyl groups is 2. The third kappa shape index (κ3) is 3.90. The summed E-state index contributed by atoms with van der Waals surface area (Å²) in [6, 6.07) is 0. The van der Waals surface area contributed by atoms with E-state index in [0.717, 1.165) is 38.5 Å². The molecular weight excluding hydrogens is 388 g/mol. The zero-order valence-electron chi connectivity index (χ0n) is 20.0. The fourth-order valence-electron chi connectivity index (χ4n) is 8.68. The van der Waals surface area contributed by atoms with Gasteiger partial charge in [-0.3, -0.25) is 4.79 Å². The van der Waals surface area contributed by atoms with E-state index in [-0.39, 0.29) is 29.0 Å². The topological polar surface area (TPSA) is 77.8 Å². The van der Waals surface area contributed by atoms with Gasteiger partial charge in [0.05, 0.1) is 18.1 Å². The Labute approximate surface area is 188 Å². The van der Waals surface area contributed by atoms with Crippen LogP contribution in [0, 0.1) is 46.3 Å². The molecule has 176 valence electrons. The molecule has 7 unspecified atom stereocenters. The van der Waals surface area contributed by atoms with Crippen LogP contribution in [-0.2, 0) is 4.79 Å². The van der Waals surface area contributed by atoms with Gasteiger partial charge in [0.2, 0.25) is 0 Å². The number of carboxylic acid groups (broad SMARTS) is 1. The van der Waals surface area contributed by atoms with Crippen LogP contribution in [0.3, 0.4) is 0 Å². The predicted octanol–water partition coefficient (Wildman–Crippen LogP) is 5.42. The van der Waals surface area contributed by atoms with Crippen molar-refractivity contribution < 1.29 is 20.1 Å². The van der Waals surface area contributed by atoms with Crippen molar-refractivity contribution in [3.63, 3.8) is 0 Å². The molecule has 4 nitrogen and oxygen atoms in total. The molecule has 0 bridgehead atoms. The first-order valence-electron chi connectivity index (χ1n) is 12.9. The fourth-order valence-corrected chi connectivity index (χ4v) is 8.68. The van der Waals surface area contributed by atoms with Crippen LogP contribution < -0.4 is 0 Å². The van der Waals surface area contributed by atoms with Gasteiger partial charge in [-0.25, -0.2) is 0 Å². The monoisotopic (exact) mass is 432 g/mol. The molecule has 4 aliphatic carbocycles. The molecule has 3 N–H and O–H groups in total. The highest BCUT2D eigenvalue weighted by molar-refractivity contribution is 5.69. The summed E-state index contributed by atoms with van der Waals surface area (Å²) in [4.78, 5) is 11.1. The molecule has 4 heteroatoms. The zero-order chi connectivity index (χ0) is 22.6. The Morgan fingerprint density at radius 1 is 1.06 bits per heavy atom. The van der Waals surface area contributed by atoms with E-state index in [4.69, 9.17) is 5.11 Å². The highest BCUT2D eigenvalue weighted by atomic mass is 16.4. The number of hydrogen-bond acceptors (Lipinski definition) is 3. The van der Waals surface area contributed by atoms with Crippen LogP contribution >= 0.6 is 0 Å². The third-order valence-corrected chi connectivity index (χ3v) is 10.6. The molecule has 31 heavy (non-hydrogen) atoms. The number of rotatable bonds is 6. The second-order valence-corrected chi connectivity index (χ2v) is 12.2. The minimum absolute atomic E-state index is 0.154. The molecule has 0 heterocycles. The summed E-state index contributed by atoms with van der Waals surface area (Å²) in [6.07, 6.45) is 12.0. The first-order chi connectivity index (χ1) is 14.6. The van der Waals surface area contributed by atoms with Crippen molar-refractivity contribution in [1.29, 1.82) is 0 Å². The lowest BCUT2D eigenvalue weighted by Gasteiger charge is -2.59. The van der Waals surface area contributed by atoms with E-state index in [2.05, 4.69) is 26.8 Å². The average molecular weight is 433 g/mol. The normalized spacial score (nSPS) is 46.3. The fraction of sp³-hybridized carbons (Fsp3) is 0.889. The summed E-state index contributed by atoms with van der Waals surface area (Å²) in [5.74, 6) is 1.83. The van der Waals surface area contributed by atoms with Gasteiger partial charge < -0.3 is 15.3 Å².